The van der Waals surface area contributed by atoms with Crippen molar-refractivity contribution < 1.29 is 8.42 Å². The van der Waals surface area contributed by atoms with Gasteiger partial charge in [0.1, 0.15) is 4.90 Å². The zero-order chi connectivity index (χ0) is 13.7. The molecule has 0 amide bonds. The maximum absolute atomic E-state index is 12.2. The van der Waals surface area contributed by atoms with Gasteiger partial charge in [-0.3, -0.25) is 4.98 Å². The van der Waals surface area contributed by atoms with Gasteiger partial charge in [0, 0.05) is 18.9 Å². The molecule has 0 spiro atoms. The summed E-state index contributed by atoms with van der Waals surface area (Å²) < 4.78 is 26.9. The van der Waals surface area contributed by atoms with E-state index in [2.05, 4.69) is 9.71 Å². The largest absolute Gasteiger partial charge is 0.329 e. The molecule has 0 aliphatic carbocycles. The second kappa shape index (κ2) is 5.92. The molecule has 1 aromatic heterocycles. The van der Waals surface area contributed by atoms with Crippen molar-refractivity contribution in [1.82, 2.24) is 9.71 Å². The number of benzene rings is 1. The van der Waals surface area contributed by atoms with E-state index in [1.54, 1.807) is 6.07 Å². The minimum absolute atomic E-state index is 0.129. The van der Waals surface area contributed by atoms with Crippen molar-refractivity contribution in [2.24, 2.45) is 5.73 Å². The van der Waals surface area contributed by atoms with Gasteiger partial charge in [-0.15, -0.1) is 0 Å². The molecule has 2 rings (SSSR count). The molecule has 100 valence electrons. The summed E-state index contributed by atoms with van der Waals surface area (Å²) >= 11 is 0. The number of pyridine rings is 1. The lowest BCUT2D eigenvalue weighted by atomic mass is 10.1. The highest BCUT2D eigenvalue weighted by molar-refractivity contribution is 7.89. The van der Waals surface area contributed by atoms with Crippen molar-refractivity contribution in [3.05, 3.63) is 60.4 Å². The monoisotopic (exact) mass is 277 g/mol. The lowest BCUT2D eigenvalue weighted by Gasteiger charge is -2.17. The van der Waals surface area contributed by atoms with Crippen molar-refractivity contribution in [2.75, 3.05) is 6.54 Å². The highest BCUT2D eigenvalue weighted by Gasteiger charge is 2.20. The summed E-state index contributed by atoms with van der Waals surface area (Å²) in [6, 6.07) is 11.8. The fraction of sp³-hybridized carbons (Fsp3) is 0.154. The maximum Gasteiger partial charge on any atom is 0.242 e. The average molecular weight is 277 g/mol. The van der Waals surface area contributed by atoms with E-state index in [-0.39, 0.29) is 11.4 Å². The molecule has 1 unspecified atom stereocenters. The number of nitrogens with two attached hydrogens (primary N) is 1. The van der Waals surface area contributed by atoms with Crippen LogP contribution in [0.1, 0.15) is 11.6 Å². The van der Waals surface area contributed by atoms with Crippen LogP contribution in [0.25, 0.3) is 0 Å². The zero-order valence-electron chi connectivity index (χ0n) is 10.2. The molecule has 2 aromatic rings. The normalized spacial score (nSPS) is 13.1. The Labute approximate surface area is 112 Å². The van der Waals surface area contributed by atoms with Gasteiger partial charge in [0.05, 0.1) is 6.04 Å². The molecule has 5 nitrogen and oxygen atoms in total. The quantitative estimate of drug-likeness (QED) is 0.855. The lowest BCUT2D eigenvalue weighted by molar-refractivity contribution is 0.558. The summed E-state index contributed by atoms with van der Waals surface area (Å²) in [5.74, 6) is 0. The summed E-state index contributed by atoms with van der Waals surface area (Å²) in [5, 5.41) is 0. The molecule has 3 N–H and O–H groups in total. The van der Waals surface area contributed by atoms with E-state index in [0.717, 1.165) is 5.56 Å². The Balaban J connectivity index is 2.24. The highest BCUT2D eigenvalue weighted by atomic mass is 32.2. The van der Waals surface area contributed by atoms with Gasteiger partial charge in [0.15, 0.2) is 0 Å². The fourth-order valence-corrected chi connectivity index (χ4v) is 2.90. The van der Waals surface area contributed by atoms with Gasteiger partial charge in [0.2, 0.25) is 10.0 Å². The van der Waals surface area contributed by atoms with E-state index < -0.39 is 16.1 Å². The summed E-state index contributed by atoms with van der Waals surface area (Å²) in [6.07, 6.45) is 2.83. The van der Waals surface area contributed by atoms with Crippen LogP contribution in [0.4, 0.5) is 0 Å². The van der Waals surface area contributed by atoms with E-state index in [0.29, 0.717) is 0 Å². The molecular formula is C13H15N3O2S. The average Bonchev–Trinajstić information content (AvgIpc) is 2.47. The summed E-state index contributed by atoms with van der Waals surface area (Å²) in [5.41, 5.74) is 6.48. The smallest absolute Gasteiger partial charge is 0.242 e. The zero-order valence-corrected chi connectivity index (χ0v) is 11.0. The standard InChI is InChI=1S/C13H15N3O2S/c14-9-13(11-5-2-1-3-6-11)16-19(17,18)12-7-4-8-15-10-12/h1-8,10,13,16H,9,14H2. The molecular weight excluding hydrogens is 262 g/mol. The van der Waals surface area contributed by atoms with Crippen molar-refractivity contribution >= 4 is 10.0 Å². The number of aromatic nitrogens is 1. The van der Waals surface area contributed by atoms with E-state index in [1.807, 2.05) is 30.3 Å². The van der Waals surface area contributed by atoms with Gasteiger partial charge in [-0.1, -0.05) is 30.3 Å². The topological polar surface area (TPSA) is 85.1 Å². The van der Waals surface area contributed by atoms with Crippen LogP contribution in [-0.4, -0.2) is 19.9 Å². The molecule has 1 heterocycles. The van der Waals surface area contributed by atoms with Crippen LogP contribution in [0.15, 0.2) is 59.8 Å². The number of nitrogens with one attached hydrogen (secondary N) is 1. The van der Waals surface area contributed by atoms with E-state index in [9.17, 15) is 8.42 Å². The van der Waals surface area contributed by atoms with Gasteiger partial charge in [-0.2, -0.15) is 0 Å². The molecule has 0 radical (unpaired) electrons. The molecule has 0 saturated heterocycles. The first-order chi connectivity index (χ1) is 9.13. The third-order valence-corrected chi connectivity index (χ3v) is 4.14. The third kappa shape index (κ3) is 3.37. The van der Waals surface area contributed by atoms with Crippen LogP contribution >= 0.6 is 0 Å². The molecule has 0 fully saturated rings. The Bertz CT molecular complexity index is 615. The van der Waals surface area contributed by atoms with Gasteiger partial charge in [0.25, 0.3) is 0 Å². The van der Waals surface area contributed by atoms with Gasteiger partial charge in [-0.25, -0.2) is 13.1 Å². The summed E-state index contributed by atoms with van der Waals surface area (Å²) in [4.78, 5) is 3.94. The SMILES string of the molecule is NCC(NS(=O)(=O)c1cccnc1)c1ccccc1. The molecule has 1 aromatic carbocycles. The Kier molecular flexibility index (Phi) is 4.26. The first kappa shape index (κ1) is 13.7. The Morgan fingerprint density at radius 1 is 1.16 bits per heavy atom. The predicted octanol–water partition coefficient (Wildman–Crippen LogP) is 1.06. The second-order valence-electron chi connectivity index (χ2n) is 4.01. The van der Waals surface area contributed by atoms with Gasteiger partial charge < -0.3 is 5.73 Å². The van der Waals surface area contributed by atoms with Crippen molar-refractivity contribution in [3.8, 4) is 0 Å². The minimum Gasteiger partial charge on any atom is -0.329 e. The van der Waals surface area contributed by atoms with Crippen molar-refractivity contribution in [2.45, 2.75) is 10.9 Å². The van der Waals surface area contributed by atoms with Crippen LogP contribution in [-0.2, 0) is 10.0 Å². The van der Waals surface area contributed by atoms with Gasteiger partial charge >= 0.3 is 0 Å². The summed E-state index contributed by atoms with van der Waals surface area (Å²) in [6.45, 7) is 0.184. The van der Waals surface area contributed by atoms with Crippen LogP contribution < -0.4 is 10.5 Å². The third-order valence-electron chi connectivity index (χ3n) is 2.68. The van der Waals surface area contributed by atoms with Gasteiger partial charge in [-0.05, 0) is 17.7 Å². The second-order valence-corrected chi connectivity index (χ2v) is 5.72. The van der Waals surface area contributed by atoms with Crippen LogP contribution in [0.5, 0.6) is 0 Å². The number of sulfonamides is 1. The maximum atomic E-state index is 12.2. The Morgan fingerprint density at radius 2 is 1.89 bits per heavy atom. The molecule has 6 heteroatoms. The fourth-order valence-electron chi connectivity index (χ4n) is 1.70. The number of nitrogens with zero attached hydrogens (tertiary/aromatic N) is 1. The number of hydrogen-bond acceptors (Lipinski definition) is 4. The van der Waals surface area contributed by atoms with Crippen molar-refractivity contribution in [3.63, 3.8) is 0 Å². The number of hydrogen-bond donors (Lipinski definition) is 2. The van der Waals surface area contributed by atoms with E-state index in [1.165, 1.54) is 18.5 Å². The molecule has 0 bridgehead atoms. The van der Waals surface area contributed by atoms with E-state index in [4.69, 9.17) is 5.73 Å². The summed E-state index contributed by atoms with van der Waals surface area (Å²) in [7, 11) is -3.61. The first-order valence-corrected chi connectivity index (χ1v) is 7.29. The Hall–Kier alpha value is -1.76. The first-order valence-electron chi connectivity index (χ1n) is 5.81. The van der Waals surface area contributed by atoms with Crippen LogP contribution in [0.2, 0.25) is 0 Å². The molecule has 0 saturated carbocycles. The highest BCUT2D eigenvalue weighted by Crippen LogP contribution is 2.15. The molecule has 0 aliphatic heterocycles. The molecule has 19 heavy (non-hydrogen) atoms. The molecule has 0 aliphatic rings. The van der Waals surface area contributed by atoms with Crippen LogP contribution in [0, 0.1) is 0 Å². The lowest BCUT2D eigenvalue weighted by Crippen LogP contribution is -2.33. The van der Waals surface area contributed by atoms with E-state index >= 15 is 0 Å². The minimum atomic E-state index is -3.61. The van der Waals surface area contributed by atoms with Crippen molar-refractivity contribution in [1.29, 1.82) is 0 Å². The number of rotatable bonds is 5. The predicted molar refractivity (Wildman–Crippen MR) is 72.8 cm³/mol. The Morgan fingerprint density at radius 3 is 2.47 bits per heavy atom. The van der Waals surface area contributed by atoms with Crippen LogP contribution in [0.3, 0.4) is 0 Å². The molecule has 1 atom stereocenters.